The van der Waals surface area contributed by atoms with Crippen molar-refractivity contribution in [3.05, 3.63) is 104 Å². The number of fused-ring (bicyclic) bond motifs is 5. The maximum Gasteiger partial charge on any atom is 0.247 e. The molecule has 4 aliphatic rings. The van der Waals surface area contributed by atoms with Gasteiger partial charge in [-0.1, -0.05) is 75.7 Å². The molecule has 4 aliphatic heterocycles. The molecule has 24 heteroatoms. The number of amides is 7. The normalized spacial score (nSPS) is 23.8. The van der Waals surface area contributed by atoms with Crippen LogP contribution in [0.3, 0.4) is 0 Å². The molecule has 7 amide bonds. The highest BCUT2D eigenvalue weighted by Gasteiger charge is 2.46. The van der Waals surface area contributed by atoms with Crippen molar-refractivity contribution in [3.63, 3.8) is 0 Å². The molecule has 2 aromatic carbocycles. The van der Waals surface area contributed by atoms with Gasteiger partial charge in [-0.15, -0.1) is 32.9 Å². The molecule has 9 rings (SSSR count). The van der Waals surface area contributed by atoms with E-state index in [2.05, 4.69) is 31.1 Å². The second-order valence-electron chi connectivity index (χ2n) is 22.1. The first-order chi connectivity index (χ1) is 38.0. The minimum atomic E-state index is -1.39. The Bertz CT molecular complexity index is 3300. The van der Waals surface area contributed by atoms with E-state index in [1.807, 2.05) is 84.2 Å². The summed E-state index contributed by atoms with van der Waals surface area (Å²) in [5.74, 6) is -4.94. The fourth-order valence-corrected chi connectivity index (χ4v) is 13.9. The van der Waals surface area contributed by atoms with E-state index < -0.39 is 83.5 Å². The first-order valence-corrected chi connectivity index (χ1v) is 29.7. The maximum absolute atomic E-state index is 14.8. The number of ketones is 1. The van der Waals surface area contributed by atoms with Gasteiger partial charge in [0.05, 0.1) is 47.1 Å². The van der Waals surface area contributed by atoms with Crippen LogP contribution in [0.4, 0.5) is 0 Å². The first-order valence-electron chi connectivity index (χ1n) is 26.5. The molecular weight excluding hydrogens is 1100 g/mol. The lowest BCUT2D eigenvalue weighted by molar-refractivity contribution is -0.149. The number of aryl methyl sites for hydroxylation is 3. The lowest BCUT2D eigenvalue weighted by atomic mass is 9.77. The number of thiophene rings is 1. The minimum absolute atomic E-state index is 0.0216. The number of aliphatic imine (C=N–C) groups is 1. The summed E-state index contributed by atoms with van der Waals surface area (Å²) in [5.41, 5.74) is 12.3. The highest BCUT2D eigenvalue weighted by Crippen LogP contribution is 2.41. The third-order valence-electron chi connectivity index (χ3n) is 15.4. The van der Waals surface area contributed by atoms with Gasteiger partial charge in [0.1, 0.15) is 46.8 Å². The van der Waals surface area contributed by atoms with E-state index in [9.17, 15) is 38.4 Å². The van der Waals surface area contributed by atoms with E-state index in [-0.39, 0.29) is 68.1 Å². The molecule has 20 nitrogen and oxygen atoms in total. The number of hydrogen-bond donors (Lipinski definition) is 4. The third-order valence-corrected chi connectivity index (χ3v) is 18.9. The Morgan fingerprint density at radius 1 is 0.850 bits per heavy atom. The van der Waals surface area contributed by atoms with Crippen molar-refractivity contribution >= 4 is 98.9 Å². The summed E-state index contributed by atoms with van der Waals surface area (Å²) in [4.78, 5) is 131. The summed E-state index contributed by atoms with van der Waals surface area (Å²) in [7, 11) is 0. The highest BCUT2D eigenvalue weighted by molar-refractivity contribution is 8.00. The number of rotatable bonds is 6. The van der Waals surface area contributed by atoms with Crippen molar-refractivity contribution < 1.29 is 38.4 Å². The van der Waals surface area contributed by atoms with Crippen LogP contribution >= 0.6 is 46.0 Å². The number of piperazine rings is 1. The van der Waals surface area contributed by atoms with Gasteiger partial charge in [-0.2, -0.15) is 11.8 Å². The van der Waals surface area contributed by atoms with Gasteiger partial charge in [-0.3, -0.25) is 47.9 Å². The predicted octanol–water partition coefficient (Wildman–Crippen LogP) is 5.21. The van der Waals surface area contributed by atoms with Gasteiger partial charge in [0, 0.05) is 58.8 Å². The maximum atomic E-state index is 14.8. The molecule has 7 atom stereocenters. The molecule has 3 aromatic heterocycles. The number of nitrogens with two attached hydrogens (primary N) is 1. The number of nitrogens with zero attached hydrogens (tertiary/aromatic N) is 8. The Morgan fingerprint density at radius 3 is 2.23 bits per heavy atom. The first kappa shape index (κ1) is 57.9. The molecule has 80 heavy (non-hydrogen) atoms. The molecule has 1 unspecified atom stereocenters. The van der Waals surface area contributed by atoms with Crippen LogP contribution in [0.1, 0.15) is 104 Å². The Morgan fingerprint density at radius 2 is 1.55 bits per heavy atom. The van der Waals surface area contributed by atoms with Crippen molar-refractivity contribution in [3.8, 4) is 15.4 Å². The largest absolute Gasteiger partial charge is 0.368 e. The van der Waals surface area contributed by atoms with E-state index in [1.54, 1.807) is 41.1 Å². The lowest BCUT2D eigenvalue weighted by Crippen LogP contribution is -2.64. The summed E-state index contributed by atoms with van der Waals surface area (Å²) >= 11 is 10.4. The average Bonchev–Trinajstić information content (AvgIpc) is 4.19. The number of thioether (sulfide) groups is 1. The van der Waals surface area contributed by atoms with Crippen molar-refractivity contribution in [2.24, 2.45) is 28.0 Å². The van der Waals surface area contributed by atoms with Crippen molar-refractivity contribution in [1.82, 2.24) is 50.4 Å². The molecule has 5 N–H and O–H groups in total. The minimum Gasteiger partial charge on any atom is -0.368 e. The quantitative estimate of drug-likeness (QED) is 0.171. The van der Waals surface area contributed by atoms with Gasteiger partial charge in [0.15, 0.2) is 5.82 Å². The monoisotopic (exact) mass is 1160 g/mol. The number of thiazole rings is 1. The van der Waals surface area contributed by atoms with Crippen LogP contribution in [0, 0.1) is 44.9 Å². The summed E-state index contributed by atoms with van der Waals surface area (Å²) in [6.45, 7) is 14.4. The SMILES string of the molecule is Cc1ncsc1-c1ccc([C@H]2NC(=O)[C@@H]3C[C@@H](C)CN3C(=O)C(C(C)(C)C)CC(=O)CSC[C@H](C(N)=O)NC(=O)[C@H]3CN(C(=O)C[C@@H]4N=C(c5ccc(Cl)cc5)c5c(sc(C)c5C)-n5c(C)nnc54)CCN3C(=O)CNC2=O)cc1. The smallest absolute Gasteiger partial charge is 0.247 e. The second-order valence-corrected chi connectivity index (χ2v) is 25.6. The molecule has 0 spiro atoms. The molecule has 0 saturated carbocycles. The van der Waals surface area contributed by atoms with Gasteiger partial charge >= 0.3 is 0 Å². The molecule has 3 saturated heterocycles. The standard InChI is InChI=1S/C56H65ClN12O8S3/c1-28-19-41-51(74)63-47(34-9-11-35(12-10-34)48-30(3)60-27-79-48)53(76)59-22-44(72)67-18-17-66(24-42(67)52(75)62-40(49(58)73)26-78-25-37(70)20-38(56(6,7)8)54(77)68(41)23-28)43(71)21-39-50-65-64-32(5)69(50)55-45(29(2)31(4)80-55)46(61-39)33-13-15-36(57)16-14-33/h9-16,27-28,38-42,47H,17-26H2,1-8H3,(H2,58,73)(H,59,76)(H,62,75)(H,63,74)/t28-,38?,39+,40-,41+,42-,47-/m1/s1. The van der Waals surface area contributed by atoms with Crippen molar-refractivity contribution in [1.29, 1.82) is 0 Å². The van der Waals surface area contributed by atoms with Gasteiger partial charge < -0.3 is 36.4 Å². The van der Waals surface area contributed by atoms with Gasteiger partial charge in [-0.05, 0) is 74.3 Å². The van der Waals surface area contributed by atoms with Crippen LogP contribution in [-0.4, -0.2) is 150 Å². The van der Waals surface area contributed by atoms with Crippen LogP contribution < -0.4 is 21.7 Å². The summed E-state index contributed by atoms with van der Waals surface area (Å²) in [6, 6.07) is 8.45. The number of benzene rings is 2. The van der Waals surface area contributed by atoms with Crippen molar-refractivity contribution in [2.45, 2.75) is 105 Å². The highest BCUT2D eigenvalue weighted by atomic mass is 35.5. The van der Waals surface area contributed by atoms with Crippen LogP contribution in [-0.2, 0) is 38.4 Å². The fraction of sp³-hybridized carbons (Fsp3) is 0.464. The third kappa shape index (κ3) is 12.1. The van der Waals surface area contributed by atoms with Crippen LogP contribution in [0.5, 0.6) is 0 Å². The van der Waals surface area contributed by atoms with Gasteiger partial charge in [-0.25, -0.2) is 4.98 Å². The van der Waals surface area contributed by atoms with Crippen LogP contribution in [0.2, 0.25) is 5.02 Å². The van der Waals surface area contributed by atoms with Crippen LogP contribution in [0.25, 0.3) is 15.4 Å². The van der Waals surface area contributed by atoms with E-state index >= 15 is 0 Å². The number of halogens is 1. The number of carbonyl (C=O) groups is 8. The van der Waals surface area contributed by atoms with Gasteiger partial charge in [0.2, 0.25) is 41.4 Å². The molecule has 0 aliphatic carbocycles. The number of Topliss-reactive ketones (excluding diaryl/α,β-unsaturated/α-hetero) is 1. The Balaban J connectivity index is 1.03. The zero-order chi connectivity index (χ0) is 57.5. The van der Waals surface area contributed by atoms with Gasteiger partial charge in [0.25, 0.3) is 0 Å². The number of primary amides is 1. The molecule has 3 fully saturated rings. The lowest BCUT2D eigenvalue weighted by Gasteiger charge is -2.41. The summed E-state index contributed by atoms with van der Waals surface area (Å²) in [6.07, 6.45) is -0.0658. The zero-order valence-electron chi connectivity index (χ0n) is 45.8. The number of nitrogens with one attached hydrogen (secondary N) is 3. The number of aromatic nitrogens is 4. The topological polar surface area (TPSA) is 264 Å². The Hall–Kier alpha value is -6.82. The second kappa shape index (κ2) is 23.7. The van der Waals surface area contributed by atoms with Crippen LogP contribution in [0.15, 0.2) is 59.0 Å². The molecular formula is C56H65ClN12O8S3. The molecule has 0 bridgehead atoms. The Kier molecular flexibility index (Phi) is 17.2. The number of hydrogen-bond acceptors (Lipinski definition) is 15. The Labute approximate surface area is 481 Å². The average molecular weight is 1170 g/mol. The fourth-order valence-electron chi connectivity index (χ4n) is 10.8. The van der Waals surface area contributed by atoms with E-state index in [1.165, 1.54) is 26.0 Å². The predicted molar refractivity (Wildman–Crippen MR) is 306 cm³/mol. The summed E-state index contributed by atoms with van der Waals surface area (Å²) in [5, 5.41) is 18.7. The molecule has 7 heterocycles. The van der Waals surface area contributed by atoms with E-state index in [0.29, 0.717) is 34.4 Å². The number of carbonyl (C=O) groups excluding carboxylic acids is 8. The van der Waals surface area contributed by atoms with E-state index in [4.69, 9.17) is 22.3 Å². The zero-order valence-corrected chi connectivity index (χ0v) is 49.0. The molecule has 422 valence electrons. The van der Waals surface area contributed by atoms with E-state index in [0.717, 1.165) is 54.5 Å². The summed E-state index contributed by atoms with van der Waals surface area (Å²) < 4.78 is 1.93. The van der Waals surface area contributed by atoms with Crippen molar-refractivity contribution in [2.75, 3.05) is 44.2 Å². The molecule has 0 radical (unpaired) electrons. The molecule has 5 aromatic rings.